The maximum Gasteiger partial charge on any atom is 0.0549 e. The molecule has 0 unspecified atom stereocenters. The molecule has 1 heteroatoms. The molecule has 0 aromatic heterocycles. The highest BCUT2D eigenvalue weighted by Gasteiger charge is 2.36. The lowest BCUT2D eigenvalue weighted by molar-refractivity contribution is 0.569. The van der Waals surface area contributed by atoms with E-state index in [0.29, 0.717) is 0 Å². The van der Waals surface area contributed by atoms with Crippen molar-refractivity contribution in [3.8, 4) is 44.5 Å². The van der Waals surface area contributed by atoms with Crippen LogP contribution in [-0.2, 0) is 27.1 Å². The van der Waals surface area contributed by atoms with Gasteiger partial charge in [0.1, 0.15) is 0 Å². The van der Waals surface area contributed by atoms with Gasteiger partial charge in [-0.3, -0.25) is 0 Å². The highest BCUT2D eigenvalue weighted by molar-refractivity contribution is 5.98. The highest BCUT2D eigenvalue weighted by atomic mass is 15.1. The Labute approximate surface area is 373 Å². The summed E-state index contributed by atoms with van der Waals surface area (Å²) in [6.07, 6.45) is 0. The van der Waals surface area contributed by atoms with Crippen LogP contribution in [0.2, 0.25) is 0 Å². The van der Waals surface area contributed by atoms with Crippen molar-refractivity contribution in [2.24, 2.45) is 0 Å². The van der Waals surface area contributed by atoms with Crippen LogP contribution in [0.5, 0.6) is 0 Å². The molecule has 7 aromatic rings. The predicted octanol–water partition coefficient (Wildman–Crippen LogP) is 17.7. The van der Waals surface area contributed by atoms with Crippen molar-refractivity contribution in [1.82, 2.24) is 0 Å². The second-order valence-electron chi connectivity index (χ2n) is 22.5. The summed E-state index contributed by atoms with van der Waals surface area (Å²) in [7, 11) is 0. The fourth-order valence-electron chi connectivity index (χ4n) is 9.25. The standard InChI is InChI=1S/C61H67N/c1-57(2,3)44-32-41(42-33-45(58(4,5)6)36-46(34-42)59(7,8)9)31-43(35-44)52-37-47(60(10,11)12)38-55(56(52)40-23-17-15-18-24-40)62(48-25-19-16-20-26-48)49-29-30-51-50-27-21-22-28-53(50)61(13,14)54(51)39-49/h15-39H,1-14H3. The van der Waals surface area contributed by atoms with E-state index in [-0.39, 0.29) is 27.1 Å². The maximum absolute atomic E-state index is 2.53. The first-order valence-corrected chi connectivity index (χ1v) is 22.7. The van der Waals surface area contributed by atoms with Crippen molar-refractivity contribution in [3.63, 3.8) is 0 Å². The number of benzene rings is 7. The van der Waals surface area contributed by atoms with Crippen LogP contribution in [0.15, 0.2) is 152 Å². The van der Waals surface area contributed by atoms with Gasteiger partial charge in [0.05, 0.1) is 5.69 Å². The van der Waals surface area contributed by atoms with Crippen LogP contribution in [0.4, 0.5) is 17.1 Å². The van der Waals surface area contributed by atoms with Crippen molar-refractivity contribution in [2.45, 2.75) is 124 Å². The number of hydrogen-bond acceptors (Lipinski definition) is 1. The number of nitrogens with zero attached hydrogens (tertiary/aromatic N) is 1. The summed E-state index contributed by atoms with van der Waals surface area (Å²) < 4.78 is 0. The lowest BCUT2D eigenvalue weighted by atomic mass is 9.77. The molecule has 0 N–H and O–H groups in total. The number of para-hydroxylation sites is 1. The summed E-state index contributed by atoms with van der Waals surface area (Å²) in [5.41, 5.74) is 21.3. The van der Waals surface area contributed by atoms with Gasteiger partial charge < -0.3 is 4.90 Å². The monoisotopic (exact) mass is 814 g/mol. The number of anilines is 3. The Morgan fingerprint density at radius 1 is 0.339 bits per heavy atom. The summed E-state index contributed by atoms with van der Waals surface area (Å²) in [5.74, 6) is 0. The quantitative estimate of drug-likeness (QED) is 0.162. The van der Waals surface area contributed by atoms with Crippen molar-refractivity contribution < 1.29 is 0 Å². The van der Waals surface area contributed by atoms with Gasteiger partial charge in [0.15, 0.2) is 0 Å². The lowest BCUT2D eigenvalue weighted by Crippen LogP contribution is -2.18. The molecule has 7 aromatic carbocycles. The molecular weight excluding hydrogens is 747 g/mol. The highest BCUT2D eigenvalue weighted by Crippen LogP contribution is 2.53. The van der Waals surface area contributed by atoms with Gasteiger partial charge in [-0.25, -0.2) is 0 Å². The molecule has 62 heavy (non-hydrogen) atoms. The summed E-state index contributed by atoms with van der Waals surface area (Å²) in [6, 6.07) is 57.9. The van der Waals surface area contributed by atoms with Crippen LogP contribution in [0.3, 0.4) is 0 Å². The molecule has 0 radical (unpaired) electrons. The van der Waals surface area contributed by atoms with Gasteiger partial charge in [-0.1, -0.05) is 206 Å². The molecule has 0 amide bonds. The third-order valence-corrected chi connectivity index (χ3v) is 13.2. The van der Waals surface area contributed by atoms with Crippen LogP contribution in [0, 0.1) is 0 Å². The third kappa shape index (κ3) is 8.08. The van der Waals surface area contributed by atoms with Gasteiger partial charge in [-0.2, -0.15) is 0 Å². The average molecular weight is 814 g/mol. The molecule has 0 saturated carbocycles. The fraction of sp³-hybridized carbons (Fsp3) is 0.311. The lowest BCUT2D eigenvalue weighted by Gasteiger charge is -2.33. The molecular formula is C61H67N. The van der Waals surface area contributed by atoms with E-state index in [2.05, 4.69) is 253 Å². The van der Waals surface area contributed by atoms with E-state index in [4.69, 9.17) is 0 Å². The molecule has 1 aliphatic rings. The van der Waals surface area contributed by atoms with Gasteiger partial charge in [-0.05, 0) is 136 Å². The third-order valence-electron chi connectivity index (χ3n) is 13.2. The van der Waals surface area contributed by atoms with E-state index in [1.54, 1.807) is 0 Å². The summed E-state index contributed by atoms with van der Waals surface area (Å²) in [6.45, 7) is 32.9. The largest absolute Gasteiger partial charge is 0.310 e. The summed E-state index contributed by atoms with van der Waals surface area (Å²) in [5, 5.41) is 0. The van der Waals surface area contributed by atoms with Crippen molar-refractivity contribution >= 4 is 17.1 Å². The average Bonchev–Trinajstić information content (AvgIpc) is 3.45. The number of hydrogen-bond donors (Lipinski definition) is 0. The first kappa shape index (κ1) is 43.0. The molecule has 0 spiro atoms. The summed E-state index contributed by atoms with van der Waals surface area (Å²) >= 11 is 0. The zero-order valence-electron chi connectivity index (χ0n) is 39.9. The Balaban J connectivity index is 1.47. The minimum atomic E-state index is -0.133. The van der Waals surface area contributed by atoms with Crippen LogP contribution >= 0.6 is 0 Å². The Kier molecular flexibility index (Phi) is 10.6. The van der Waals surface area contributed by atoms with Crippen LogP contribution in [0.1, 0.15) is 130 Å². The molecule has 0 saturated heterocycles. The molecule has 0 aliphatic heterocycles. The van der Waals surface area contributed by atoms with Gasteiger partial charge in [-0.15, -0.1) is 0 Å². The van der Waals surface area contributed by atoms with Crippen LogP contribution < -0.4 is 4.90 Å². The van der Waals surface area contributed by atoms with Gasteiger partial charge in [0.25, 0.3) is 0 Å². The normalized spacial score (nSPS) is 13.8. The van der Waals surface area contributed by atoms with E-state index < -0.39 is 0 Å². The van der Waals surface area contributed by atoms with Crippen molar-refractivity contribution in [2.75, 3.05) is 4.90 Å². The molecule has 1 aliphatic carbocycles. The van der Waals surface area contributed by atoms with Crippen molar-refractivity contribution in [1.29, 1.82) is 0 Å². The van der Waals surface area contributed by atoms with E-state index in [1.165, 1.54) is 83.6 Å². The minimum Gasteiger partial charge on any atom is -0.310 e. The second-order valence-corrected chi connectivity index (χ2v) is 22.5. The Bertz CT molecular complexity index is 2740. The van der Waals surface area contributed by atoms with E-state index in [9.17, 15) is 0 Å². The Morgan fingerprint density at radius 2 is 0.806 bits per heavy atom. The molecule has 316 valence electrons. The van der Waals surface area contributed by atoms with Crippen LogP contribution in [0.25, 0.3) is 44.5 Å². The zero-order valence-corrected chi connectivity index (χ0v) is 39.9. The first-order chi connectivity index (χ1) is 29.0. The predicted molar refractivity (Wildman–Crippen MR) is 270 cm³/mol. The number of fused-ring (bicyclic) bond motifs is 3. The summed E-state index contributed by atoms with van der Waals surface area (Å²) in [4.78, 5) is 2.53. The zero-order chi connectivity index (χ0) is 44.6. The van der Waals surface area contributed by atoms with Crippen LogP contribution in [-0.4, -0.2) is 0 Å². The topological polar surface area (TPSA) is 3.24 Å². The molecule has 0 fully saturated rings. The Hall–Kier alpha value is -5.66. The van der Waals surface area contributed by atoms with Gasteiger partial charge in [0, 0.05) is 22.4 Å². The Morgan fingerprint density at radius 3 is 1.39 bits per heavy atom. The van der Waals surface area contributed by atoms with E-state index >= 15 is 0 Å². The van der Waals surface area contributed by atoms with Gasteiger partial charge in [0.2, 0.25) is 0 Å². The number of rotatable bonds is 6. The molecule has 0 atom stereocenters. The molecule has 8 rings (SSSR count). The van der Waals surface area contributed by atoms with Gasteiger partial charge >= 0.3 is 0 Å². The smallest absolute Gasteiger partial charge is 0.0549 e. The van der Waals surface area contributed by atoms with Crippen molar-refractivity contribution in [3.05, 3.63) is 185 Å². The first-order valence-electron chi connectivity index (χ1n) is 22.7. The van der Waals surface area contributed by atoms with E-state index in [0.717, 1.165) is 11.4 Å². The maximum atomic E-state index is 2.53. The minimum absolute atomic E-state index is 0.00730. The molecule has 0 heterocycles. The molecule has 1 nitrogen and oxygen atoms in total. The SMILES string of the molecule is CC(C)(C)c1cc(-c2cc(C(C)(C)C)cc(C(C)(C)C)c2)cc(-c2cc(C(C)(C)C)cc(N(c3ccccc3)c3ccc4c(c3)C(C)(C)c3ccccc3-4)c2-c2ccccc2)c1. The fourth-order valence-corrected chi connectivity index (χ4v) is 9.25. The molecule has 0 bridgehead atoms. The second kappa shape index (κ2) is 15.3. The van der Waals surface area contributed by atoms with E-state index in [1.807, 2.05) is 0 Å².